The molecule has 0 aliphatic carbocycles. The minimum Gasteiger partial charge on any atom is -0.445 e. The Labute approximate surface area is 172 Å². The quantitative estimate of drug-likeness (QED) is 0.503. The lowest BCUT2D eigenvalue weighted by atomic mass is 10.1. The van der Waals surface area contributed by atoms with Crippen molar-refractivity contribution in [2.75, 3.05) is 12.4 Å². The van der Waals surface area contributed by atoms with E-state index >= 15 is 0 Å². The van der Waals surface area contributed by atoms with Gasteiger partial charge in [0.05, 0.1) is 5.33 Å². The third-order valence-electron chi connectivity index (χ3n) is 3.83. The van der Waals surface area contributed by atoms with E-state index in [0.717, 1.165) is 16.1 Å². The van der Waals surface area contributed by atoms with Gasteiger partial charge in [-0.2, -0.15) is 0 Å². The Morgan fingerprint density at radius 3 is 2.14 bits per heavy atom. The fourth-order valence-corrected chi connectivity index (χ4v) is 2.59. The van der Waals surface area contributed by atoms with E-state index in [1.54, 1.807) is 0 Å². The lowest BCUT2D eigenvalue weighted by Gasteiger charge is -2.24. The molecule has 2 aromatic carbocycles. The summed E-state index contributed by atoms with van der Waals surface area (Å²) < 4.78 is 5.21. The van der Waals surface area contributed by atoms with E-state index in [4.69, 9.17) is 4.74 Å². The number of carbonyl (C=O) groups is 3. The number of amides is 3. The molecule has 2 N–H and O–H groups in total. The zero-order chi connectivity index (χ0) is 20.4. The van der Waals surface area contributed by atoms with Crippen LogP contribution in [0.25, 0.3) is 0 Å². The first kappa shape index (κ1) is 21.4. The Hall–Kier alpha value is -2.87. The zero-order valence-electron chi connectivity index (χ0n) is 15.4. The number of hydrogen-bond donors (Lipinski definition) is 2. The summed E-state index contributed by atoms with van der Waals surface area (Å²) >= 11 is 3.03. The number of nitrogens with zero attached hydrogens (tertiary/aromatic N) is 1. The van der Waals surface area contributed by atoms with Crippen molar-refractivity contribution in [1.29, 1.82) is 0 Å². The maximum absolute atomic E-state index is 12.7. The predicted molar refractivity (Wildman–Crippen MR) is 108 cm³/mol. The lowest BCUT2D eigenvalue weighted by Crippen LogP contribution is -2.54. The highest BCUT2D eigenvalue weighted by molar-refractivity contribution is 9.09. The Morgan fingerprint density at radius 1 is 1.00 bits per heavy atom. The Bertz CT molecular complexity index is 787. The molecule has 0 fully saturated rings. The number of carbonyl (C=O) groups excluding carboxylic acids is 3. The van der Waals surface area contributed by atoms with Crippen LogP contribution in [-0.4, -0.2) is 41.3 Å². The van der Waals surface area contributed by atoms with Crippen molar-refractivity contribution in [1.82, 2.24) is 15.8 Å². The third kappa shape index (κ3) is 7.03. The molecule has 0 unspecified atom stereocenters. The molecule has 2 aromatic rings. The minimum absolute atomic E-state index is 0.0561. The molecule has 2 rings (SSSR count). The van der Waals surface area contributed by atoms with Crippen LogP contribution in [0.15, 0.2) is 60.7 Å². The van der Waals surface area contributed by atoms with Gasteiger partial charge in [-0.25, -0.2) is 4.79 Å². The number of ether oxygens (including phenoxy) is 1. The molecule has 148 valence electrons. The number of hydrogen-bond acceptors (Lipinski definition) is 4. The highest BCUT2D eigenvalue weighted by Crippen LogP contribution is 2.07. The van der Waals surface area contributed by atoms with Gasteiger partial charge >= 0.3 is 6.09 Å². The van der Waals surface area contributed by atoms with E-state index in [2.05, 4.69) is 26.7 Å². The summed E-state index contributed by atoms with van der Waals surface area (Å²) in [6, 6.07) is 17.6. The summed E-state index contributed by atoms with van der Waals surface area (Å²) in [5.41, 5.74) is 4.14. The molecular formula is C20H22BrN3O4. The monoisotopic (exact) mass is 447 g/mol. The summed E-state index contributed by atoms with van der Waals surface area (Å²) in [6.07, 6.45) is -0.451. The van der Waals surface area contributed by atoms with Crippen molar-refractivity contribution in [3.63, 3.8) is 0 Å². The van der Waals surface area contributed by atoms with Crippen LogP contribution in [0, 0.1) is 0 Å². The molecule has 0 spiro atoms. The molecule has 0 saturated heterocycles. The average Bonchev–Trinajstić information content (AvgIpc) is 2.72. The molecule has 7 nitrogen and oxygen atoms in total. The summed E-state index contributed by atoms with van der Waals surface area (Å²) in [4.78, 5) is 36.5. The normalized spacial score (nSPS) is 11.2. The topological polar surface area (TPSA) is 87.7 Å². The molecule has 0 aliphatic rings. The van der Waals surface area contributed by atoms with Gasteiger partial charge in [0.2, 0.25) is 5.91 Å². The van der Waals surface area contributed by atoms with Crippen LogP contribution < -0.4 is 10.7 Å². The second-order valence-corrected chi connectivity index (χ2v) is 6.57. The van der Waals surface area contributed by atoms with Crippen molar-refractivity contribution in [2.45, 2.75) is 19.1 Å². The fourth-order valence-electron chi connectivity index (χ4n) is 2.46. The van der Waals surface area contributed by atoms with Crippen LogP contribution in [0.2, 0.25) is 0 Å². The second kappa shape index (κ2) is 11.1. The van der Waals surface area contributed by atoms with E-state index in [9.17, 15) is 14.4 Å². The van der Waals surface area contributed by atoms with Crippen LogP contribution in [0.4, 0.5) is 4.79 Å². The van der Waals surface area contributed by atoms with Gasteiger partial charge < -0.3 is 10.1 Å². The van der Waals surface area contributed by atoms with E-state index in [0.29, 0.717) is 0 Å². The second-order valence-electron chi connectivity index (χ2n) is 6.01. The molecule has 0 saturated carbocycles. The number of benzene rings is 2. The maximum Gasteiger partial charge on any atom is 0.408 e. The predicted octanol–water partition coefficient (Wildman–Crippen LogP) is 2.41. The third-order valence-corrected chi connectivity index (χ3v) is 4.34. The van der Waals surface area contributed by atoms with Gasteiger partial charge in [-0.1, -0.05) is 76.6 Å². The fraction of sp³-hybridized carbons (Fsp3) is 0.250. The highest BCUT2D eigenvalue weighted by Gasteiger charge is 2.26. The Morgan fingerprint density at radius 2 is 1.57 bits per heavy atom. The summed E-state index contributed by atoms with van der Waals surface area (Å²) in [7, 11) is 1.43. The minimum atomic E-state index is -0.897. The van der Waals surface area contributed by atoms with E-state index in [-0.39, 0.29) is 24.3 Å². The number of alkyl halides is 1. The zero-order valence-corrected chi connectivity index (χ0v) is 17.0. The van der Waals surface area contributed by atoms with Gasteiger partial charge in [-0.05, 0) is 11.1 Å². The average molecular weight is 448 g/mol. The maximum atomic E-state index is 12.7. The molecule has 8 heteroatoms. The molecule has 0 bridgehead atoms. The van der Waals surface area contributed by atoms with Crippen LogP contribution in [0.5, 0.6) is 0 Å². The van der Waals surface area contributed by atoms with E-state index in [1.807, 2.05) is 60.7 Å². The Balaban J connectivity index is 2.03. The van der Waals surface area contributed by atoms with Gasteiger partial charge in [0.25, 0.3) is 5.91 Å². The van der Waals surface area contributed by atoms with Gasteiger partial charge in [0.1, 0.15) is 12.6 Å². The molecule has 0 aromatic heterocycles. The van der Waals surface area contributed by atoms with Gasteiger partial charge in [-0.3, -0.25) is 20.0 Å². The number of nitrogens with one attached hydrogen (secondary N) is 2. The molecule has 1 atom stereocenters. The number of hydrazine groups is 1. The first-order valence-corrected chi connectivity index (χ1v) is 9.76. The number of alkyl carbamates (subject to hydrolysis) is 1. The molecule has 0 aliphatic heterocycles. The SMILES string of the molecule is CN(NC(=O)CBr)C(=O)[C@H](Cc1ccccc1)NC(=O)OCc1ccccc1. The molecular weight excluding hydrogens is 426 g/mol. The van der Waals surface area contributed by atoms with E-state index < -0.39 is 18.0 Å². The van der Waals surface area contributed by atoms with Crippen molar-refractivity contribution >= 4 is 33.8 Å². The number of likely N-dealkylation sites (N-methyl/N-ethyl adjacent to an activating group) is 1. The lowest BCUT2D eigenvalue weighted by molar-refractivity contribution is -0.140. The standard InChI is InChI=1S/C20H22BrN3O4/c1-24(23-18(25)13-21)19(26)17(12-15-8-4-2-5-9-15)22-20(27)28-14-16-10-6-3-7-11-16/h2-11,17H,12-14H2,1H3,(H,22,27)(H,23,25)/t17-/m0/s1. The molecule has 0 radical (unpaired) electrons. The van der Waals surface area contributed by atoms with Gasteiger partial charge in [0.15, 0.2) is 0 Å². The first-order chi connectivity index (χ1) is 13.5. The van der Waals surface area contributed by atoms with Crippen LogP contribution in [-0.2, 0) is 27.4 Å². The number of halogens is 1. The van der Waals surface area contributed by atoms with E-state index in [1.165, 1.54) is 7.05 Å². The first-order valence-electron chi connectivity index (χ1n) is 8.63. The van der Waals surface area contributed by atoms with Crippen molar-refractivity contribution < 1.29 is 19.1 Å². The molecule has 3 amide bonds. The molecule has 28 heavy (non-hydrogen) atoms. The van der Waals surface area contributed by atoms with Crippen LogP contribution in [0.1, 0.15) is 11.1 Å². The van der Waals surface area contributed by atoms with Crippen molar-refractivity contribution in [3.05, 3.63) is 71.8 Å². The smallest absolute Gasteiger partial charge is 0.408 e. The number of rotatable bonds is 7. The van der Waals surface area contributed by atoms with Gasteiger partial charge in [0, 0.05) is 13.5 Å². The van der Waals surface area contributed by atoms with Crippen LogP contribution in [0.3, 0.4) is 0 Å². The highest BCUT2D eigenvalue weighted by atomic mass is 79.9. The Kier molecular flexibility index (Phi) is 8.48. The van der Waals surface area contributed by atoms with Crippen molar-refractivity contribution in [2.24, 2.45) is 0 Å². The summed E-state index contributed by atoms with van der Waals surface area (Å²) in [5, 5.41) is 3.71. The van der Waals surface area contributed by atoms with Crippen LogP contribution >= 0.6 is 15.9 Å². The van der Waals surface area contributed by atoms with Crippen molar-refractivity contribution in [3.8, 4) is 0 Å². The van der Waals surface area contributed by atoms with Gasteiger partial charge in [-0.15, -0.1) is 0 Å². The summed E-state index contributed by atoms with van der Waals surface area (Å²) in [6.45, 7) is 0.0923. The summed E-state index contributed by atoms with van der Waals surface area (Å²) in [5.74, 6) is -0.837. The largest absolute Gasteiger partial charge is 0.445 e. The molecule has 0 heterocycles.